The molecule has 2 aliphatic heterocycles. The van der Waals surface area contributed by atoms with Gasteiger partial charge in [-0.2, -0.15) is 94.1 Å². The minimum atomic E-state index is -0.896. The summed E-state index contributed by atoms with van der Waals surface area (Å²) in [7, 11) is 0. The van der Waals surface area contributed by atoms with Gasteiger partial charge in [-0.25, -0.2) is 0 Å². The van der Waals surface area contributed by atoms with Crippen LogP contribution in [0.5, 0.6) is 0 Å². The molecule has 0 aromatic heterocycles. The average Bonchev–Trinajstić information content (AvgIpc) is 3.56. The number of nitrogens with one attached hydrogen (secondary N) is 2. The Morgan fingerprint density at radius 3 is 1.38 bits per heavy atom. The van der Waals surface area contributed by atoms with Crippen LogP contribution in [0, 0.1) is 0 Å². The number of rotatable bonds is 11. The van der Waals surface area contributed by atoms with Gasteiger partial charge < -0.3 is 34.7 Å². The molecule has 3 rings (SSSR count). The Balaban J connectivity index is 1.92. The second-order valence-electron chi connectivity index (χ2n) is 20.1. The topological polar surface area (TPSA) is 275 Å². The molecule has 2 atom stereocenters. The molecule has 0 fully saturated rings. The summed E-state index contributed by atoms with van der Waals surface area (Å²) in [4.78, 5) is 72.1. The van der Waals surface area contributed by atoms with Gasteiger partial charge in [-0.05, 0) is 120 Å². The lowest BCUT2D eigenvalue weighted by Crippen LogP contribution is -2.79. The van der Waals surface area contributed by atoms with Gasteiger partial charge in [0.05, 0.1) is 44.6 Å². The van der Waals surface area contributed by atoms with Crippen LogP contribution in [0.15, 0.2) is 42.1 Å². The second kappa shape index (κ2) is 53.6. The third kappa shape index (κ3) is 42.5. The summed E-state index contributed by atoms with van der Waals surface area (Å²) in [6.07, 6.45) is 12.2. The second-order valence-corrected chi connectivity index (χ2v) is 29.7. The molecule has 480 valence electrons. The Bertz CT molecular complexity index is 1980. The van der Waals surface area contributed by atoms with Gasteiger partial charge in [-0.1, -0.05) is 48.8 Å². The molecule has 0 saturated heterocycles. The summed E-state index contributed by atoms with van der Waals surface area (Å²) in [6, 6.07) is 8.04. The number of benzene rings is 1. The first kappa shape index (κ1) is 77.7. The molecule has 0 saturated carbocycles. The molecular weight excluding hydrogens is 1220 g/mol. The van der Waals surface area contributed by atoms with Crippen molar-refractivity contribution in [2.24, 2.45) is 28.1 Å². The number of guanidine groups is 2. The zero-order valence-electron chi connectivity index (χ0n) is 50.4. The largest absolute Gasteiger partial charge is 0.396 e. The Morgan fingerprint density at radius 2 is 0.940 bits per heavy atom. The van der Waals surface area contributed by atoms with E-state index < -0.39 is 12.2 Å². The quantitative estimate of drug-likeness (QED) is 0.0896. The van der Waals surface area contributed by atoms with Crippen molar-refractivity contribution in [1.29, 1.82) is 0 Å². The molecule has 1 aromatic rings. The highest BCUT2D eigenvalue weighted by Crippen LogP contribution is 2.18. The van der Waals surface area contributed by atoms with E-state index in [-0.39, 0.29) is 35.5 Å². The van der Waals surface area contributed by atoms with E-state index in [0.29, 0.717) is 102 Å². The van der Waals surface area contributed by atoms with Gasteiger partial charge in [0.15, 0.2) is 0 Å². The van der Waals surface area contributed by atoms with Gasteiger partial charge in [0.25, 0.3) is 0 Å². The molecule has 26 heteroatoms. The van der Waals surface area contributed by atoms with Crippen LogP contribution < -0.4 is 32.9 Å². The molecule has 2 unspecified atom stereocenters. The number of oxime groups is 1. The number of aliphatic hydroxyl groups excluding tert-OH is 2. The van der Waals surface area contributed by atoms with E-state index in [0.717, 1.165) is 157 Å². The molecule has 12 N–H and O–H groups in total. The van der Waals surface area contributed by atoms with E-state index in [4.69, 9.17) is 27.8 Å². The fourth-order valence-electron chi connectivity index (χ4n) is 8.19. The molecular formula is C58H105N11O7S8+2. The number of hydrogen-bond donors (Lipinski definition) is 8. The number of thioether (sulfide) groups is 8. The summed E-state index contributed by atoms with van der Waals surface area (Å²) in [5.41, 5.74) is 24.5. The zero-order chi connectivity index (χ0) is 61.1. The van der Waals surface area contributed by atoms with Crippen LogP contribution in [0.2, 0.25) is 0 Å². The smallest absolute Gasteiger partial charge is 0.338 e. The number of carbonyl (C=O) groups is 4. The molecule has 0 radical (unpaired) electrons. The van der Waals surface area contributed by atoms with Crippen molar-refractivity contribution in [2.45, 2.75) is 109 Å². The standard InChI is InChI=1S/C58H103N11O7S8/c1-3-5-24-66-25-6-31-77-35-11-39-82-43-19-56(75)69(23-4-2)46-50-15-13-49(14-16-50)45-65-76-30-9-34-79-37-12-40-81-41-17-54(73)67(28-21-63-57(59)60)26-7-32-78-36-10-38-80-42-18-55(74)68(29-22-64-58(61)62)27-8-33-83-47-51(70)52(71)48-84-44-20-53(66)72/h4,13-16,45,51-52,70-71H,2-3,5-12,17-44,46-48H2,1H3,(H4,59,60,63)(H4,61,62,64)/p+2/b65-45-. The minimum Gasteiger partial charge on any atom is -0.396 e. The Kier molecular flexibility index (Phi) is 49.5. The normalized spacial score (nSPS) is 21.4. The zero-order valence-corrected chi connectivity index (χ0v) is 56.9. The lowest BCUT2D eigenvalue weighted by molar-refractivity contribution is -0.459. The van der Waals surface area contributed by atoms with Gasteiger partial charge in [-0.3, -0.25) is 52.1 Å². The van der Waals surface area contributed by atoms with Gasteiger partial charge in [0, 0.05) is 99.5 Å². The summed E-state index contributed by atoms with van der Waals surface area (Å²) in [5.74, 6) is 14.2. The van der Waals surface area contributed by atoms with Crippen molar-refractivity contribution in [1.82, 2.24) is 19.6 Å². The van der Waals surface area contributed by atoms with E-state index in [2.05, 4.69) is 28.6 Å². The van der Waals surface area contributed by atoms with Gasteiger partial charge in [0.1, 0.15) is 6.61 Å². The van der Waals surface area contributed by atoms with Gasteiger partial charge in [-0.15, -0.1) is 6.58 Å². The predicted octanol–water partition coefficient (Wildman–Crippen LogP) is 3.44. The first-order chi connectivity index (χ1) is 40.8. The van der Waals surface area contributed by atoms with Crippen LogP contribution >= 0.6 is 94.1 Å². The molecule has 2 aliphatic rings. The maximum absolute atomic E-state index is 13.3. The number of amides is 4. The monoisotopic (exact) mass is 1320 g/mol. The highest BCUT2D eigenvalue weighted by atomic mass is 32.2. The fourth-order valence-corrected chi connectivity index (χ4v) is 15.9. The van der Waals surface area contributed by atoms with Crippen molar-refractivity contribution in [3.05, 3.63) is 48.0 Å². The lowest BCUT2D eigenvalue weighted by Gasteiger charge is -2.23. The summed E-state index contributed by atoms with van der Waals surface area (Å²) < 4.78 is 0. The molecule has 18 nitrogen and oxygen atoms in total. The van der Waals surface area contributed by atoms with Crippen LogP contribution in [-0.4, -0.2) is 241 Å². The van der Waals surface area contributed by atoms with Crippen molar-refractivity contribution < 1.29 is 44.2 Å². The number of aliphatic hydroxyl groups is 2. The molecule has 2 heterocycles. The highest BCUT2D eigenvalue weighted by molar-refractivity contribution is 8.01. The van der Waals surface area contributed by atoms with Gasteiger partial charge in [0.2, 0.25) is 23.6 Å². The molecule has 0 spiro atoms. The van der Waals surface area contributed by atoms with Crippen LogP contribution in [0.4, 0.5) is 0 Å². The Labute approximate surface area is 538 Å². The summed E-state index contributed by atoms with van der Waals surface area (Å²) in [5, 5.41) is 25.7. The third-order valence-electron chi connectivity index (χ3n) is 12.9. The number of fused-ring (bicyclic) bond motifs is 53. The van der Waals surface area contributed by atoms with E-state index in [9.17, 15) is 29.4 Å². The fraction of sp³-hybridized carbons (Fsp3) is 0.741. The first-order valence-corrected chi connectivity index (χ1v) is 39.3. The maximum Gasteiger partial charge on any atom is 0.338 e. The minimum absolute atomic E-state index is 0.0838. The Hall–Kier alpha value is -2.43. The van der Waals surface area contributed by atoms with Crippen LogP contribution in [0.25, 0.3) is 0 Å². The van der Waals surface area contributed by atoms with E-state index >= 15 is 0 Å². The summed E-state index contributed by atoms with van der Waals surface area (Å²) >= 11 is 14.2. The number of unbranched alkanes of at least 4 members (excludes halogenated alkanes) is 1. The Morgan fingerprint density at radius 1 is 0.560 bits per heavy atom. The van der Waals surface area contributed by atoms with Crippen molar-refractivity contribution >= 4 is 136 Å². The number of nitrogens with zero attached hydrogens (tertiary/aromatic N) is 5. The van der Waals surface area contributed by atoms with Crippen LogP contribution in [0.3, 0.4) is 0 Å². The maximum atomic E-state index is 13.3. The van der Waals surface area contributed by atoms with Crippen molar-refractivity contribution in [3.63, 3.8) is 0 Å². The number of nitrogens with two attached hydrogens (primary N) is 4. The average molecular weight is 1330 g/mol. The molecule has 4 amide bonds. The van der Waals surface area contributed by atoms with Crippen molar-refractivity contribution in [2.75, 3.05) is 158 Å². The van der Waals surface area contributed by atoms with Crippen molar-refractivity contribution in [3.8, 4) is 0 Å². The van der Waals surface area contributed by atoms with E-state index in [1.54, 1.807) is 35.8 Å². The van der Waals surface area contributed by atoms with E-state index in [1.807, 2.05) is 103 Å². The number of hydrogen-bond acceptors (Lipinski definition) is 16. The molecule has 2 bridgehead atoms. The van der Waals surface area contributed by atoms with Crippen LogP contribution in [0.1, 0.15) is 102 Å². The first-order valence-electron chi connectivity index (χ1n) is 30.0. The lowest BCUT2D eigenvalue weighted by atomic mass is 10.1. The third-order valence-corrected chi connectivity index (χ3v) is 21.8. The molecule has 0 aliphatic carbocycles. The highest BCUT2D eigenvalue weighted by Gasteiger charge is 2.20. The molecule has 1 aromatic carbocycles. The molecule has 84 heavy (non-hydrogen) atoms. The van der Waals surface area contributed by atoms with Crippen LogP contribution in [-0.2, 0) is 30.6 Å². The number of carbonyl (C=O) groups excluding carboxylic acids is 4. The summed E-state index contributed by atoms with van der Waals surface area (Å²) in [6.45, 7) is 12.3. The van der Waals surface area contributed by atoms with E-state index in [1.165, 1.54) is 11.8 Å². The van der Waals surface area contributed by atoms with Gasteiger partial charge >= 0.3 is 11.9 Å². The SMILES string of the molecule is C=CCN1Cc2ccc(cc2)/C=N\OCCCSCCCSCCC(=O)N(CC[NH+]=C(N)N)CCCSCCCSCCC(=O)N(CC[NH+]=C(N)N)CCCSCC(O)C(O)CSCCC(=O)N(CCCC)CCCSCCCSCCC1=O. The predicted molar refractivity (Wildman–Crippen MR) is 370 cm³/mol.